The van der Waals surface area contributed by atoms with Gasteiger partial charge in [0.15, 0.2) is 46.9 Å². The summed E-state index contributed by atoms with van der Waals surface area (Å²) in [7, 11) is 0. The maximum absolute atomic E-state index is 14.1. The Morgan fingerprint density at radius 3 is 1.69 bits per heavy atom. The monoisotopic (exact) mass is 1310 g/mol. The van der Waals surface area contributed by atoms with Crippen LogP contribution in [-0.2, 0) is 38.1 Å². The molecule has 98 heavy (non-hydrogen) atoms. The number of aliphatic hydroxyl groups is 1. The minimum Gasteiger partial charge on any atom is -0.469 e. The van der Waals surface area contributed by atoms with E-state index in [1.807, 2.05) is 69.6 Å². The van der Waals surface area contributed by atoms with Crippen molar-refractivity contribution in [3.63, 3.8) is 0 Å². The zero-order valence-corrected chi connectivity index (χ0v) is 54.7. The number of carbonyl (C=O) groups excluding carboxylic acids is 3. The van der Waals surface area contributed by atoms with Gasteiger partial charge in [-0.3, -0.25) is 14.4 Å². The lowest BCUT2D eigenvalue weighted by Crippen LogP contribution is -2.52. The maximum atomic E-state index is 14.1. The quantitative estimate of drug-likeness (QED) is 0.0795. The van der Waals surface area contributed by atoms with Crippen LogP contribution in [0.5, 0.6) is 11.5 Å². The topological polar surface area (TPSA) is 286 Å². The van der Waals surface area contributed by atoms with Crippen molar-refractivity contribution < 1.29 is 46.6 Å². The number of amides is 3. The molecule has 0 saturated heterocycles. The van der Waals surface area contributed by atoms with Gasteiger partial charge in [0.05, 0.1) is 12.4 Å². The smallest absolute Gasteiger partial charge is 0.249 e. The third kappa shape index (κ3) is 7.95. The number of aliphatic hydroxyl groups excluding tert-OH is 1. The van der Waals surface area contributed by atoms with Crippen LogP contribution in [-0.4, -0.2) is 77.3 Å². The summed E-state index contributed by atoms with van der Waals surface area (Å²) >= 11 is 0. The number of ether oxygens (including phenoxy) is 2. The van der Waals surface area contributed by atoms with Gasteiger partial charge in [-0.15, -0.1) is 0 Å². The van der Waals surface area contributed by atoms with E-state index in [1.165, 1.54) is 0 Å². The first-order valence-corrected chi connectivity index (χ1v) is 33.6. The van der Waals surface area contributed by atoms with Gasteiger partial charge in [0.1, 0.15) is 46.6 Å². The average Bonchev–Trinajstić information content (AvgIpc) is 1.52. The number of anilines is 2. The second-order valence-electron chi connectivity index (χ2n) is 28.4. The third-order valence-electron chi connectivity index (χ3n) is 21.4. The summed E-state index contributed by atoms with van der Waals surface area (Å²) in [6.07, 6.45) is 5.71. The highest BCUT2D eigenvalue weighted by Crippen LogP contribution is 2.64. The molecule has 8 aliphatic heterocycles. The number of carbonyl (C=O) groups is 3. The van der Waals surface area contributed by atoms with E-state index in [-0.39, 0.29) is 47.8 Å². The Morgan fingerprint density at radius 1 is 0.582 bits per heavy atom. The molecule has 0 radical (unpaired) electrons. The van der Waals surface area contributed by atoms with E-state index in [2.05, 4.69) is 124 Å². The van der Waals surface area contributed by atoms with Crippen LogP contribution >= 0.6 is 0 Å². The van der Waals surface area contributed by atoms with Crippen molar-refractivity contribution in [2.75, 3.05) is 10.6 Å². The number of benzene rings is 6. The van der Waals surface area contributed by atoms with Crippen LogP contribution in [0.25, 0.3) is 89.9 Å². The summed E-state index contributed by atoms with van der Waals surface area (Å²) in [4.78, 5) is 67.6. The fraction of sp³-hybridized carbons (Fsp3) is 0.286. The Balaban J connectivity index is 0.000000138. The number of aryl methyl sites for hydroxylation is 1. The van der Waals surface area contributed by atoms with Crippen molar-refractivity contribution in [1.82, 2.24) is 45.9 Å². The molecular formula is C77H67N11O10. The highest BCUT2D eigenvalue weighted by molar-refractivity contribution is 6.10. The molecule has 3 amide bonds. The summed E-state index contributed by atoms with van der Waals surface area (Å²) < 4.78 is 40.8. The molecule has 20 rings (SSSR count). The first-order chi connectivity index (χ1) is 47.4. The van der Waals surface area contributed by atoms with Gasteiger partial charge in [-0.05, 0) is 77.1 Å². The maximum Gasteiger partial charge on any atom is 0.249 e. The molecule has 21 nitrogen and oxygen atoms in total. The van der Waals surface area contributed by atoms with E-state index in [4.69, 9.17) is 47.1 Å². The van der Waals surface area contributed by atoms with Crippen LogP contribution < -0.4 is 36.1 Å². The molecule has 8 N–H and O–H groups in total. The predicted molar refractivity (Wildman–Crippen MR) is 364 cm³/mol. The molecule has 12 aromatic rings. The number of hydrogen-bond acceptors (Lipinski definition) is 16. The molecule has 21 heteroatoms. The first kappa shape index (κ1) is 58.2. The molecule has 14 heterocycles. The van der Waals surface area contributed by atoms with Crippen LogP contribution in [0.15, 0.2) is 146 Å². The second kappa shape index (κ2) is 20.7. The van der Waals surface area contributed by atoms with Crippen molar-refractivity contribution >= 4 is 50.9 Å². The van der Waals surface area contributed by atoms with Crippen LogP contribution in [0.3, 0.4) is 0 Å². The number of rotatable bonds is 5. The molecule has 0 saturated carbocycles. The zero-order chi connectivity index (χ0) is 66.7. The van der Waals surface area contributed by atoms with E-state index >= 15 is 0 Å². The van der Waals surface area contributed by atoms with Gasteiger partial charge in [-0.25, -0.2) is 19.9 Å². The minimum absolute atomic E-state index is 0.00799. The van der Waals surface area contributed by atoms with Gasteiger partial charge in [-0.1, -0.05) is 133 Å². The Hall–Kier alpha value is -11.2. The summed E-state index contributed by atoms with van der Waals surface area (Å²) in [6.45, 7) is 15.6. The SMILES string of the molecule is CC(C)[C@H](O)C(=O)N[C@H]1Cc2ccc3c(c2)[C@]24c5cccc(c5NC2O3)-c2cccc3[nH]cc(c23)-c2cnc(o2)-c2nc(oc24)[C@H](C(C)C)NC1=O.Cc1ccc2c3c(c[nH]c13)-c1cnc(o1)-c1nc3oc1[C@]14c5cc(ccc5OC1Nc1c-2cccc14)C[C@H](C)C(=O)N[C@H]3C(C)C. The molecule has 8 aliphatic rings. The van der Waals surface area contributed by atoms with E-state index < -0.39 is 59.3 Å². The predicted octanol–water partition coefficient (Wildman–Crippen LogP) is 13.1. The number of para-hydroxylation sites is 2. The molecule has 6 aromatic heterocycles. The van der Waals surface area contributed by atoms with Crippen LogP contribution in [0, 0.1) is 30.6 Å². The summed E-state index contributed by atoms with van der Waals surface area (Å²) in [5.41, 5.74) is 15.5. The molecule has 490 valence electrons. The van der Waals surface area contributed by atoms with Crippen LogP contribution in [0.4, 0.5) is 11.4 Å². The number of oxazole rings is 4. The number of hydrogen-bond donors (Lipinski definition) is 8. The Bertz CT molecular complexity index is 5430. The van der Waals surface area contributed by atoms with Crippen molar-refractivity contribution in [1.29, 1.82) is 0 Å². The van der Waals surface area contributed by atoms with Crippen molar-refractivity contribution in [2.45, 2.75) is 116 Å². The lowest BCUT2D eigenvalue weighted by Gasteiger charge is -2.29. The van der Waals surface area contributed by atoms with Crippen molar-refractivity contribution in [3.8, 4) is 79.6 Å². The van der Waals surface area contributed by atoms with E-state index in [0.29, 0.717) is 58.4 Å². The molecule has 6 aromatic carbocycles. The molecule has 20 bridgehead atoms. The van der Waals surface area contributed by atoms with Gasteiger partial charge in [0, 0.05) is 102 Å². The lowest BCUT2D eigenvalue weighted by molar-refractivity contribution is -0.136. The van der Waals surface area contributed by atoms with Crippen molar-refractivity contribution in [2.24, 2.45) is 23.7 Å². The van der Waals surface area contributed by atoms with E-state index in [9.17, 15) is 19.5 Å². The first-order valence-electron chi connectivity index (χ1n) is 33.6. The fourth-order valence-electron chi connectivity index (χ4n) is 16.5. The standard InChI is InChI=1S/C40H36N6O6.C37H31N5O4/c1-17(2)30-38-45-32-34(52-38)40-23-9-5-8-21(20-7-6-10-25-29(20)22(15-41-25)28-16-42-37(32)50-28)31(23)46-39(40)51-27-12-11-19(13-24(27)40)14-26(35(48)44-30)43-36(49)33(47)18(3)4;1-16(2)28-35-41-31-32(46-35)37-23-7-5-6-21(20-10-8-17(3)29-27(20)22(14-38-29)26-15-39-34(31)44-26)30(23)42-36(37)45-25-11-9-19(13-24(25)37)12-18(4)33(43)40-28/h5-13,15-18,26,30,33,39,41,46-47H,14H2,1-4H3,(H,43,49)(H,44,48);5-11,13-16,18,28,36,38,42H,12H2,1-4H3,(H,40,43)/t26-,30-,33-,39?,40-;18-,28-,36?,37-/m00/s1. The average molecular weight is 1310 g/mol. The molecule has 9 atom stereocenters. The number of fused-ring (bicyclic) bond motifs is 14. The molecule has 0 fully saturated rings. The minimum atomic E-state index is -1.28. The number of aromatic nitrogens is 6. The van der Waals surface area contributed by atoms with Gasteiger partial charge >= 0.3 is 0 Å². The summed E-state index contributed by atoms with van der Waals surface area (Å²) in [5.74, 6) is 3.14. The second-order valence-corrected chi connectivity index (χ2v) is 28.4. The van der Waals surface area contributed by atoms with E-state index in [1.54, 1.807) is 26.2 Å². The highest BCUT2D eigenvalue weighted by Gasteiger charge is 2.64. The molecule has 2 spiro atoms. The largest absolute Gasteiger partial charge is 0.469 e. The summed E-state index contributed by atoms with van der Waals surface area (Å²) in [6, 6.07) is 33.2. The zero-order valence-electron chi connectivity index (χ0n) is 54.7. The molecule has 2 unspecified atom stereocenters. The lowest BCUT2D eigenvalue weighted by atomic mass is 9.72. The van der Waals surface area contributed by atoms with Gasteiger partial charge in [-0.2, -0.15) is 0 Å². The van der Waals surface area contributed by atoms with E-state index in [0.717, 1.165) is 111 Å². The van der Waals surface area contributed by atoms with Crippen molar-refractivity contribution in [3.05, 3.63) is 190 Å². The Kier molecular flexibility index (Phi) is 12.3. The van der Waals surface area contributed by atoms with Gasteiger partial charge < -0.3 is 68.8 Å². The number of H-pyrrole nitrogens is 2. The summed E-state index contributed by atoms with van der Waals surface area (Å²) in [5, 5.41) is 29.5. The highest BCUT2D eigenvalue weighted by atomic mass is 16.5. The molecule has 0 aliphatic carbocycles. The Labute approximate surface area is 560 Å². The normalized spacial score (nSPS) is 22.9. The number of aromatic amines is 2. The van der Waals surface area contributed by atoms with Crippen LogP contribution in [0.1, 0.15) is 123 Å². The van der Waals surface area contributed by atoms with Crippen LogP contribution in [0.2, 0.25) is 0 Å². The molecular weight excluding hydrogens is 1240 g/mol. The fourth-order valence-corrected chi connectivity index (χ4v) is 16.5. The van der Waals surface area contributed by atoms with Gasteiger partial charge in [0.2, 0.25) is 41.3 Å². The van der Waals surface area contributed by atoms with Gasteiger partial charge in [0.25, 0.3) is 0 Å². The Morgan fingerprint density at radius 2 is 1.11 bits per heavy atom. The third-order valence-corrected chi connectivity index (χ3v) is 21.4. The number of nitrogens with zero attached hydrogens (tertiary/aromatic N) is 4. The number of nitrogens with one attached hydrogen (secondary N) is 7.